The first-order valence-corrected chi connectivity index (χ1v) is 12.3. The number of halogens is 1. The minimum atomic E-state index is 0. The Bertz CT molecular complexity index is 1220. The molecule has 0 unspecified atom stereocenters. The molecular weight excluding hydrogens is 492 g/mol. The van der Waals surface area contributed by atoms with Crippen LogP contribution in [0.5, 0.6) is 11.5 Å². The van der Waals surface area contributed by atoms with Crippen LogP contribution >= 0.6 is 28.3 Å². The lowest BCUT2D eigenvalue weighted by Gasteiger charge is -2.22. The maximum atomic E-state index is 5.88. The van der Waals surface area contributed by atoms with E-state index >= 15 is 0 Å². The third kappa shape index (κ3) is 5.66. The van der Waals surface area contributed by atoms with Crippen molar-refractivity contribution in [1.82, 2.24) is 4.57 Å². The van der Waals surface area contributed by atoms with E-state index in [9.17, 15) is 0 Å². The normalized spacial score (nSPS) is 14.6. The highest BCUT2D eigenvalue weighted by molar-refractivity contribution is 8.93. The first kappa shape index (κ1) is 23.5. The van der Waals surface area contributed by atoms with Gasteiger partial charge in [0.15, 0.2) is 4.80 Å². The van der Waals surface area contributed by atoms with Crippen molar-refractivity contribution in [1.29, 1.82) is 0 Å². The SMILES string of the molecule is Br.Cn1c(-c2ccc(C3CCCCC3)cc2)csc1=Nc1ccc(Oc2ccccc2)cc1. The zero-order valence-corrected chi connectivity index (χ0v) is 21.3. The van der Waals surface area contributed by atoms with Crippen molar-refractivity contribution in [2.75, 3.05) is 0 Å². The second-order valence-electron chi connectivity index (χ2n) is 8.44. The minimum absolute atomic E-state index is 0. The van der Waals surface area contributed by atoms with Crippen molar-refractivity contribution >= 4 is 34.0 Å². The lowest BCUT2D eigenvalue weighted by molar-refractivity contribution is 0.443. The molecule has 0 spiro atoms. The largest absolute Gasteiger partial charge is 0.457 e. The van der Waals surface area contributed by atoms with Crippen LogP contribution in [0.2, 0.25) is 0 Å². The van der Waals surface area contributed by atoms with Gasteiger partial charge in [-0.3, -0.25) is 0 Å². The van der Waals surface area contributed by atoms with E-state index in [0.29, 0.717) is 0 Å². The van der Waals surface area contributed by atoms with E-state index < -0.39 is 0 Å². The molecule has 3 aromatic carbocycles. The standard InChI is InChI=1S/C28H28N2OS.BrH/c1-30-27(23-14-12-22(13-15-23)21-8-4-2-5-9-21)20-32-28(30)29-24-16-18-26(19-17-24)31-25-10-6-3-7-11-25;/h3,6-7,10-21H,2,4-5,8-9H2,1H3;1H. The minimum Gasteiger partial charge on any atom is -0.457 e. The van der Waals surface area contributed by atoms with Crippen LogP contribution in [-0.4, -0.2) is 4.57 Å². The molecule has 0 N–H and O–H groups in total. The van der Waals surface area contributed by atoms with Crippen LogP contribution in [0.25, 0.3) is 11.3 Å². The predicted molar refractivity (Wildman–Crippen MR) is 143 cm³/mol. The molecule has 1 aliphatic rings. The van der Waals surface area contributed by atoms with Gasteiger partial charge in [0.2, 0.25) is 0 Å². The Morgan fingerprint density at radius 3 is 2.18 bits per heavy atom. The summed E-state index contributed by atoms with van der Waals surface area (Å²) in [7, 11) is 2.09. The number of aromatic nitrogens is 1. The van der Waals surface area contributed by atoms with Gasteiger partial charge in [-0.05, 0) is 66.3 Å². The summed E-state index contributed by atoms with van der Waals surface area (Å²) in [5.74, 6) is 2.39. The van der Waals surface area contributed by atoms with E-state index in [1.165, 1.54) is 48.9 Å². The number of thiazole rings is 1. The predicted octanol–water partition coefficient (Wildman–Crippen LogP) is 8.40. The van der Waals surface area contributed by atoms with Gasteiger partial charge in [0.1, 0.15) is 11.5 Å². The molecule has 170 valence electrons. The Hall–Kier alpha value is -2.63. The zero-order valence-electron chi connectivity index (χ0n) is 18.8. The van der Waals surface area contributed by atoms with Crippen molar-refractivity contribution in [3.63, 3.8) is 0 Å². The highest BCUT2D eigenvalue weighted by Gasteiger charge is 2.15. The van der Waals surface area contributed by atoms with Gasteiger partial charge in [-0.15, -0.1) is 28.3 Å². The van der Waals surface area contributed by atoms with Gasteiger partial charge >= 0.3 is 0 Å². The number of ether oxygens (including phenoxy) is 1. The van der Waals surface area contributed by atoms with Crippen molar-refractivity contribution < 1.29 is 4.74 Å². The van der Waals surface area contributed by atoms with Gasteiger partial charge in [-0.2, -0.15) is 0 Å². The molecule has 4 aromatic rings. The zero-order chi connectivity index (χ0) is 21.8. The summed E-state index contributed by atoms with van der Waals surface area (Å²) >= 11 is 1.67. The third-order valence-electron chi connectivity index (χ3n) is 6.25. The van der Waals surface area contributed by atoms with Crippen LogP contribution in [0.4, 0.5) is 5.69 Å². The summed E-state index contributed by atoms with van der Waals surface area (Å²) in [5, 5.41) is 2.20. The van der Waals surface area contributed by atoms with Gasteiger partial charge in [-0.25, -0.2) is 4.99 Å². The first-order chi connectivity index (χ1) is 15.8. The maximum absolute atomic E-state index is 5.88. The Kier molecular flexibility index (Phi) is 7.84. The second-order valence-corrected chi connectivity index (χ2v) is 9.28. The van der Waals surface area contributed by atoms with E-state index in [4.69, 9.17) is 9.73 Å². The number of para-hydroxylation sites is 1. The Morgan fingerprint density at radius 2 is 1.48 bits per heavy atom. The lowest BCUT2D eigenvalue weighted by Crippen LogP contribution is -2.11. The fraction of sp³-hybridized carbons (Fsp3) is 0.250. The topological polar surface area (TPSA) is 26.5 Å². The molecule has 0 bridgehead atoms. The summed E-state index contributed by atoms with van der Waals surface area (Å²) in [6.45, 7) is 0. The highest BCUT2D eigenvalue weighted by atomic mass is 79.9. The molecule has 0 aliphatic heterocycles. The molecule has 0 radical (unpaired) electrons. The summed E-state index contributed by atoms with van der Waals surface area (Å²) in [4.78, 5) is 5.83. The fourth-order valence-corrected chi connectivity index (χ4v) is 5.34. The van der Waals surface area contributed by atoms with E-state index in [-0.39, 0.29) is 17.0 Å². The Labute approximate surface area is 210 Å². The van der Waals surface area contributed by atoms with E-state index in [0.717, 1.165) is 27.9 Å². The van der Waals surface area contributed by atoms with Crippen molar-refractivity contribution in [2.45, 2.75) is 38.0 Å². The van der Waals surface area contributed by atoms with Crippen LogP contribution in [-0.2, 0) is 7.05 Å². The van der Waals surface area contributed by atoms with Gasteiger partial charge in [0, 0.05) is 12.4 Å². The van der Waals surface area contributed by atoms with E-state index in [1.807, 2.05) is 54.6 Å². The molecule has 3 nitrogen and oxygen atoms in total. The molecule has 1 heterocycles. The molecule has 0 amide bonds. The van der Waals surface area contributed by atoms with E-state index in [2.05, 4.69) is 41.3 Å². The summed E-state index contributed by atoms with van der Waals surface area (Å²) in [5.41, 5.74) is 4.86. The number of rotatable bonds is 5. The molecule has 1 saturated carbocycles. The molecular formula is C28H29BrN2OS. The quantitative estimate of drug-likeness (QED) is 0.259. The average molecular weight is 522 g/mol. The summed E-state index contributed by atoms with van der Waals surface area (Å²) in [6, 6.07) is 26.9. The fourth-order valence-electron chi connectivity index (χ4n) is 4.42. The Morgan fingerprint density at radius 1 is 0.818 bits per heavy atom. The average Bonchev–Trinajstić information content (AvgIpc) is 3.21. The molecule has 1 aliphatic carbocycles. The molecule has 5 heteroatoms. The van der Waals surface area contributed by atoms with Gasteiger partial charge in [-0.1, -0.05) is 61.7 Å². The van der Waals surface area contributed by atoms with Crippen LogP contribution in [0.3, 0.4) is 0 Å². The molecule has 1 fully saturated rings. The molecule has 1 aromatic heterocycles. The lowest BCUT2D eigenvalue weighted by atomic mass is 9.84. The summed E-state index contributed by atoms with van der Waals surface area (Å²) < 4.78 is 8.05. The third-order valence-corrected chi connectivity index (χ3v) is 7.16. The van der Waals surface area contributed by atoms with Crippen LogP contribution in [0.15, 0.2) is 89.2 Å². The monoisotopic (exact) mass is 520 g/mol. The maximum Gasteiger partial charge on any atom is 0.190 e. The van der Waals surface area contributed by atoms with Crippen LogP contribution < -0.4 is 9.54 Å². The van der Waals surface area contributed by atoms with Crippen molar-refractivity contribution in [3.05, 3.63) is 94.6 Å². The van der Waals surface area contributed by atoms with Crippen LogP contribution in [0, 0.1) is 0 Å². The molecule has 0 atom stereocenters. The van der Waals surface area contributed by atoms with Crippen molar-refractivity contribution in [3.8, 4) is 22.8 Å². The molecule has 0 saturated heterocycles. The number of hydrogen-bond donors (Lipinski definition) is 0. The van der Waals surface area contributed by atoms with Gasteiger partial charge < -0.3 is 9.30 Å². The van der Waals surface area contributed by atoms with Crippen molar-refractivity contribution in [2.24, 2.45) is 12.0 Å². The van der Waals surface area contributed by atoms with Gasteiger partial charge in [0.25, 0.3) is 0 Å². The number of hydrogen-bond acceptors (Lipinski definition) is 3. The molecule has 5 rings (SSSR count). The van der Waals surface area contributed by atoms with Gasteiger partial charge in [0.05, 0.1) is 11.4 Å². The number of nitrogens with zero attached hydrogens (tertiary/aromatic N) is 2. The number of benzene rings is 3. The first-order valence-electron chi connectivity index (χ1n) is 11.4. The van der Waals surface area contributed by atoms with E-state index in [1.54, 1.807) is 11.3 Å². The molecule has 33 heavy (non-hydrogen) atoms. The Balaban J connectivity index is 0.00000259. The highest BCUT2D eigenvalue weighted by Crippen LogP contribution is 2.33. The second kappa shape index (κ2) is 11.0. The van der Waals surface area contributed by atoms with Crippen LogP contribution in [0.1, 0.15) is 43.6 Å². The smallest absolute Gasteiger partial charge is 0.190 e. The summed E-state index contributed by atoms with van der Waals surface area (Å²) in [6.07, 6.45) is 6.81.